The number of piperazine rings is 1. The third-order valence-corrected chi connectivity index (χ3v) is 5.83. The van der Waals surface area contributed by atoms with Crippen LogP contribution in [0, 0.1) is 5.41 Å². The van der Waals surface area contributed by atoms with Crippen LogP contribution in [0.3, 0.4) is 0 Å². The predicted octanol–water partition coefficient (Wildman–Crippen LogP) is 1.53. The molecule has 1 saturated heterocycles. The number of aliphatic carboxylic acids is 1. The maximum absolute atomic E-state index is 13.3. The molecule has 0 spiro atoms. The van der Waals surface area contributed by atoms with Crippen molar-refractivity contribution in [3.8, 4) is 0 Å². The number of halogens is 1. The van der Waals surface area contributed by atoms with E-state index in [1.54, 1.807) is 4.90 Å². The number of amidine groups is 1. The van der Waals surface area contributed by atoms with Gasteiger partial charge in [0.25, 0.3) is 11.7 Å². The minimum atomic E-state index is -1.76. The van der Waals surface area contributed by atoms with Crippen molar-refractivity contribution in [2.24, 2.45) is 10.7 Å². The van der Waals surface area contributed by atoms with Gasteiger partial charge in [0.1, 0.15) is 5.17 Å². The van der Waals surface area contributed by atoms with Gasteiger partial charge >= 0.3 is 5.97 Å². The van der Waals surface area contributed by atoms with Crippen LogP contribution in [0.5, 0.6) is 0 Å². The average Bonchev–Trinajstić information content (AvgIpc) is 2.75. The van der Waals surface area contributed by atoms with Gasteiger partial charge in [0.2, 0.25) is 0 Å². The Labute approximate surface area is 190 Å². The van der Waals surface area contributed by atoms with Crippen molar-refractivity contribution in [2.45, 2.75) is 32.5 Å². The highest BCUT2D eigenvalue weighted by Crippen LogP contribution is 2.24. The monoisotopic (exact) mass is 457 g/mol. The van der Waals surface area contributed by atoms with Gasteiger partial charge in [0.15, 0.2) is 5.84 Å². The zero-order valence-corrected chi connectivity index (χ0v) is 18.5. The fourth-order valence-electron chi connectivity index (χ4n) is 3.76. The highest BCUT2D eigenvalue weighted by atomic mass is 35.5. The first kappa shape index (κ1) is 23.4. The third-order valence-electron chi connectivity index (χ3n) is 5.54. The van der Waals surface area contributed by atoms with Crippen molar-refractivity contribution < 1.29 is 19.5 Å². The van der Waals surface area contributed by atoms with Gasteiger partial charge in [-0.2, -0.15) is 0 Å². The van der Waals surface area contributed by atoms with Crippen LogP contribution in [0.1, 0.15) is 19.4 Å². The number of aliphatic imine (C=N–C) groups is 1. The molecule has 0 saturated carbocycles. The Morgan fingerprint density at radius 1 is 1.19 bits per heavy atom. The lowest BCUT2D eigenvalue weighted by atomic mass is 10.0. The maximum atomic E-state index is 13.3. The molecule has 32 heavy (non-hydrogen) atoms. The van der Waals surface area contributed by atoms with E-state index in [-0.39, 0.29) is 28.4 Å². The van der Waals surface area contributed by atoms with E-state index in [2.05, 4.69) is 22.0 Å². The molecule has 0 unspecified atom stereocenters. The molecule has 2 atom stereocenters. The number of rotatable bonds is 5. The number of nitrogens with two attached hydrogens (primary N) is 1. The van der Waals surface area contributed by atoms with Gasteiger partial charge < -0.3 is 15.7 Å². The van der Waals surface area contributed by atoms with Crippen LogP contribution in [-0.2, 0) is 20.9 Å². The zero-order valence-electron chi connectivity index (χ0n) is 17.7. The lowest BCUT2D eigenvalue weighted by molar-refractivity contribution is -0.147. The van der Waals surface area contributed by atoms with Crippen LogP contribution < -0.4 is 5.73 Å². The second kappa shape index (κ2) is 9.46. The Kier molecular flexibility index (Phi) is 6.90. The summed E-state index contributed by atoms with van der Waals surface area (Å²) in [5.74, 6) is -4.04. The Hall–Kier alpha value is -3.30. The normalized spacial score (nSPS) is 23.3. The number of carboxylic acid groups (broad SMARTS) is 1. The smallest absolute Gasteiger partial charge is 0.378 e. The quantitative estimate of drug-likeness (QED) is 0.452. The van der Waals surface area contributed by atoms with E-state index in [4.69, 9.17) is 27.9 Å². The molecule has 2 aliphatic rings. The van der Waals surface area contributed by atoms with Crippen LogP contribution >= 0.6 is 11.6 Å². The molecule has 1 amide bonds. The number of amides is 1. The fraction of sp³-hybridized carbons (Fsp3) is 0.318. The van der Waals surface area contributed by atoms with Gasteiger partial charge in [-0.25, -0.2) is 9.79 Å². The van der Waals surface area contributed by atoms with Gasteiger partial charge in [0, 0.05) is 37.3 Å². The number of dihydropyridines is 1. The number of nitrogens with one attached hydrogen (secondary N) is 1. The summed E-state index contributed by atoms with van der Waals surface area (Å²) >= 11 is 6.14. The van der Waals surface area contributed by atoms with Crippen molar-refractivity contribution in [2.75, 3.05) is 13.1 Å². The molecule has 1 fully saturated rings. The van der Waals surface area contributed by atoms with E-state index in [0.29, 0.717) is 13.1 Å². The first-order valence-corrected chi connectivity index (χ1v) is 10.4. The number of carbonyl (C=O) groups excluding carboxylic acids is 2. The molecule has 0 aromatic heterocycles. The molecule has 0 radical (unpaired) electrons. The van der Waals surface area contributed by atoms with Crippen molar-refractivity contribution in [1.29, 1.82) is 5.41 Å². The summed E-state index contributed by atoms with van der Waals surface area (Å²) in [7, 11) is 0. The molecule has 4 N–H and O–H groups in total. The summed E-state index contributed by atoms with van der Waals surface area (Å²) in [6, 6.07) is 10.00. The number of nitrogens with zero attached hydrogens (tertiary/aromatic N) is 3. The summed E-state index contributed by atoms with van der Waals surface area (Å²) < 4.78 is 0. The summed E-state index contributed by atoms with van der Waals surface area (Å²) in [4.78, 5) is 43.8. The van der Waals surface area contributed by atoms with Crippen molar-refractivity contribution in [1.82, 2.24) is 9.80 Å². The third kappa shape index (κ3) is 4.79. The van der Waals surface area contributed by atoms with Gasteiger partial charge in [-0.1, -0.05) is 41.9 Å². The summed E-state index contributed by atoms with van der Waals surface area (Å²) in [5, 5.41) is 16.6. The number of benzene rings is 1. The SMILES string of the molecule is C[C@@H]1CN(Cc2ccccc2)[C@@H](C)CN1C(=O)C1=C/C(=C(/N)C(=O)C(=O)O)C(=N)N=C1Cl. The fourth-order valence-corrected chi connectivity index (χ4v) is 3.98. The molecular formula is C22H24ClN5O4. The highest BCUT2D eigenvalue weighted by Gasteiger charge is 2.35. The number of ketones is 1. The Morgan fingerprint density at radius 2 is 1.84 bits per heavy atom. The largest absolute Gasteiger partial charge is 0.475 e. The average molecular weight is 458 g/mol. The zero-order chi connectivity index (χ0) is 23.6. The van der Waals surface area contributed by atoms with Crippen LogP contribution in [0.2, 0.25) is 0 Å². The Bertz CT molecular complexity index is 1060. The number of carboxylic acids is 1. The Morgan fingerprint density at radius 3 is 2.47 bits per heavy atom. The van der Waals surface area contributed by atoms with Crippen molar-refractivity contribution >= 4 is 40.3 Å². The van der Waals surface area contributed by atoms with Gasteiger partial charge in [-0.05, 0) is 25.5 Å². The van der Waals surface area contributed by atoms with Gasteiger partial charge in [0.05, 0.1) is 11.3 Å². The minimum absolute atomic E-state index is 0.0330. The molecule has 3 rings (SSSR count). The first-order valence-electron chi connectivity index (χ1n) is 10.0. The van der Waals surface area contributed by atoms with Crippen LogP contribution in [0.4, 0.5) is 0 Å². The van der Waals surface area contributed by atoms with Crippen LogP contribution in [-0.4, -0.2) is 68.7 Å². The summed E-state index contributed by atoms with van der Waals surface area (Å²) in [5.41, 5.74) is 5.87. The van der Waals surface area contributed by atoms with E-state index in [0.717, 1.165) is 6.54 Å². The second-order valence-corrected chi connectivity index (χ2v) is 8.20. The standard InChI is InChI=1S/C22H24ClN5O4/c1-12-10-28(13(2)9-27(12)11-14-6-4-3-5-7-14)21(30)16-8-15(20(25)26-19(16)23)17(24)18(29)22(31)32/h3-8,12-13,25H,9-11,24H2,1-2H3,(H,31,32)/b17-15-,25-20?/t12-,13+/m0/s1. The van der Waals surface area contributed by atoms with E-state index in [9.17, 15) is 14.4 Å². The first-order chi connectivity index (χ1) is 15.1. The van der Waals surface area contributed by atoms with Gasteiger partial charge in [-0.15, -0.1) is 0 Å². The number of hydrogen-bond acceptors (Lipinski definition) is 6. The molecule has 1 aromatic rings. The van der Waals surface area contributed by atoms with Crippen LogP contribution in [0.15, 0.2) is 58.2 Å². The molecular weight excluding hydrogens is 434 g/mol. The maximum Gasteiger partial charge on any atom is 0.378 e. The topological polar surface area (TPSA) is 140 Å². The molecule has 10 heteroatoms. The Balaban J connectivity index is 1.83. The summed E-state index contributed by atoms with van der Waals surface area (Å²) in [6.07, 6.45) is 1.17. The molecule has 168 valence electrons. The van der Waals surface area contributed by atoms with E-state index in [1.807, 2.05) is 32.0 Å². The summed E-state index contributed by atoms with van der Waals surface area (Å²) in [6.45, 7) is 5.80. The van der Waals surface area contributed by atoms with Crippen molar-refractivity contribution in [3.63, 3.8) is 0 Å². The molecule has 2 heterocycles. The lowest BCUT2D eigenvalue weighted by Gasteiger charge is -2.44. The van der Waals surface area contributed by atoms with E-state index in [1.165, 1.54) is 11.6 Å². The minimum Gasteiger partial charge on any atom is -0.475 e. The highest BCUT2D eigenvalue weighted by molar-refractivity contribution is 6.73. The van der Waals surface area contributed by atoms with E-state index < -0.39 is 29.2 Å². The predicted molar refractivity (Wildman–Crippen MR) is 120 cm³/mol. The molecule has 1 aromatic carbocycles. The van der Waals surface area contributed by atoms with Crippen LogP contribution in [0.25, 0.3) is 0 Å². The number of hydrogen-bond donors (Lipinski definition) is 3. The molecule has 0 bridgehead atoms. The molecule has 9 nitrogen and oxygen atoms in total. The molecule has 2 aliphatic heterocycles. The number of Topliss-reactive ketones (excluding diaryl/α,β-unsaturated/α-hetero) is 1. The lowest BCUT2D eigenvalue weighted by Crippen LogP contribution is -2.58. The second-order valence-electron chi connectivity index (χ2n) is 7.84. The number of carbonyl (C=O) groups is 3. The van der Waals surface area contributed by atoms with E-state index >= 15 is 0 Å². The molecule has 0 aliphatic carbocycles. The van der Waals surface area contributed by atoms with Crippen molar-refractivity contribution in [3.05, 3.63) is 58.8 Å². The van der Waals surface area contributed by atoms with Gasteiger partial charge in [-0.3, -0.25) is 19.9 Å².